The SMILES string of the molecule is COC(=O)CCCCCNC(=O)c1cc(F)ccc1O. The molecule has 0 bridgehead atoms. The molecular formula is C14H18FNO4. The molecule has 0 saturated heterocycles. The van der Waals surface area contributed by atoms with Gasteiger partial charge in [0.05, 0.1) is 12.7 Å². The predicted octanol–water partition coefficient (Wildman–Crippen LogP) is 1.99. The van der Waals surface area contributed by atoms with Crippen LogP contribution in [0.25, 0.3) is 0 Å². The molecule has 0 radical (unpaired) electrons. The van der Waals surface area contributed by atoms with Gasteiger partial charge in [-0.3, -0.25) is 9.59 Å². The number of aromatic hydroxyl groups is 1. The second kappa shape index (κ2) is 8.14. The van der Waals surface area contributed by atoms with E-state index in [-0.39, 0.29) is 17.3 Å². The molecule has 110 valence electrons. The number of esters is 1. The number of unbranched alkanes of at least 4 members (excludes halogenated alkanes) is 2. The van der Waals surface area contributed by atoms with E-state index in [1.165, 1.54) is 7.11 Å². The summed E-state index contributed by atoms with van der Waals surface area (Å²) in [4.78, 5) is 22.5. The summed E-state index contributed by atoms with van der Waals surface area (Å²) in [6.07, 6.45) is 2.51. The van der Waals surface area contributed by atoms with Gasteiger partial charge in [-0.1, -0.05) is 6.42 Å². The van der Waals surface area contributed by atoms with E-state index in [0.29, 0.717) is 25.8 Å². The van der Waals surface area contributed by atoms with E-state index in [0.717, 1.165) is 24.6 Å². The third-order valence-corrected chi connectivity index (χ3v) is 2.77. The van der Waals surface area contributed by atoms with E-state index in [4.69, 9.17) is 0 Å². The maximum absolute atomic E-state index is 13.0. The van der Waals surface area contributed by atoms with Gasteiger partial charge in [0, 0.05) is 13.0 Å². The van der Waals surface area contributed by atoms with Gasteiger partial charge >= 0.3 is 5.97 Å². The Hall–Kier alpha value is -2.11. The minimum atomic E-state index is -0.578. The van der Waals surface area contributed by atoms with Gasteiger partial charge in [0.2, 0.25) is 0 Å². The lowest BCUT2D eigenvalue weighted by Crippen LogP contribution is -2.24. The lowest BCUT2D eigenvalue weighted by molar-refractivity contribution is -0.140. The molecule has 0 heterocycles. The number of benzene rings is 1. The number of carbonyl (C=O) groups excluding carboxylic acids is 2. The molecular weight excluding hydrogens is 265 g/mol. The number of ether oxygens (including phenoxy) is 1. The number of methoxy groups -OCH3 is 1. The van der Waals surface area contributed by atoms with Gasteiger partial charge in [0.25, 0.3) is 5.91 Å². The Morgan fingerprint density at radius 1 is 1.30 bits per heavy atom. The van der Waals surface area contributed by atoms with Crippen molar-refractivity contribution in [3.63, 3.8) is 0 Å². The lowest BCUT2D eigenvalue weighted by atomic mass is 10.1. The van der Waals surface area contributed by atoms with E-state index in [9.17, 15) is 19.1 Å². The van der Waals surface area contributed by atoms with E-state index in [1.807, 2.05) is 0 Å². The first-order chi connectivity index (χ1) is 9.54. The van der Waals surface area contributed by atoms with Crippen LogP contribution in [0, 0.1) is 5.82 Å². The average molecular weight is 283 g/mol. The summed E-state index contributed by atoms with van der Waals surface area (Å²) in [6.45, 7) is 0.399. The fourth-order valence-corrected chi connectivity index (χ4v) is 1.66. The summed E-state index contributed by atoms with van der Waals surface area (Å²) in [5, 5.41) is 12.0. The highest BCUT2D eigenvalue weighted by Crippen LogP contribution is 2.17. The zero-order valence-corrected chi connectivity index (χ0v) is 11.3. The molecule has 1 aromatic carbocycles. The Balaban J connectivity index is 2.27. The van der Waals surface area contributed by atoms with Crippen molar-refractivity contribution in [2.45, 2.75) is 25.7 Å². The van der Waals surface area contributed by atoms with Gasteiger partial charge in [-0.25, -0.2) is 4.39 Å². The zero-order valence-electron chi connectivity index (χ0n) is 11.3. The van der Waals surface area contributed by atoms with Crippen molar-refractivity contribution in [1.82, 2.24) is 5.32 Å². The summed E-state index contributed by atoms with van der Waals surface area (Å²) < 4.78 is 17.5. The Labute approximate surface area is 116 Å². The van der Waals surface area contributed by atoms with Crippen LogP contribution in [-0.2, 0) is 9.53 Å². The average Bonchev–Trinajstić information content (AvgIpc) is 2.44. The molecule has 0 unspecified atom stereocenters. The van der Waals surface area contributed by atoms with Crippen molar-refractivity contribution in [2.75, 3.05) is 13.7 Å². The molecule has 0 atom stereocenters. The van der Waals surface area contributed by atoms with E-state index in [1.54, 1.807) is 0 Å². The molecule has 0 spiro atoms. The van der Waals surface area contributed by atoms with Crippen molar-refractivity contribution in [1.29, 1.82) is 0 Å². The minimum absolute atomic E-state index is 0.0837. The van der Waals surface area contributed by atoms with Crippen LogP contribution in [0.4, 0.5) is 4.39 Å². The van der Waals surface area contributed by atoms with Crippen molar-refractivity contribution in [3.8, 4) is 5.75 Å². The number of amides is 1. The fraction of sp³-hybridized carbons (Fsp3) is 0.429. The Kier molecular flexibility index (Phi) is 6.49. The Morgan fingerprint density at radius 3 is 2.75 bits per heavy atom. The van der Waals surface area contributed by atoms with Crippen LogP contribution in [0.15, 0.2) is 18.2 Å². The minimum Gasteiger partial charge on any atom is -0.507 e. The highest BCUT2D eigenvalue weighted by atomic mass is 19.1. The van der Waals surface area contributed by atoms with Crippen LogP contribution in [0.2, 0.25) is 0 Å². The topological polar surface area (TPSA) is 75.6 Å². The molecule has 0 aliphatic heterocycles. The number of rotatable bonds is 7. The third-order valence-electron chi connectivity index (χ3n) is 2.77. The largest absolute Gasteiger partial charge is 0.507 e. The summed E-state index contributed by atoms with van der Waals surface area (Å²) in [5.41, 5.74) is -0.0837. The standard InChI is InChI=1S/C14H18FNO4/c1-20-13(18)5-3-2-4-8-16-14(19)11-9-10(15)6-7-12(11)17/h6-7,9,17H,2-5,8H2,1H3,(H,16,19). The molecule has 1 aromatic rings. The number of phenolic OH excluding ortho intramolecular Hbond substituents is 1. The van der Waals surface area contributed by atoms with Crippen LogP contribution >= 0.6 is 0 Å². The Bertz CT molecular complexity index is 476. The highest BCUT2D eigenvalue weighted by Gasteiger charge is 2.11. The monoisotopic (exact) mass is 283 g/mol. The number of hydrogen-bond acceptors (Lipinski definition) is 4. The summed E-state index contributed by atoms with van der Waals surface area (Å²) in [7, 11) is 1.34. The zero-order chi connectivity index (χ0) is 15.0. The van der Waals surface area contributed by atoms with Crippen LogP contribution in [0.1, 0.15) is 36.0 Å². The maximum atomic E-state index is 13.0. The van der Waals surface area contributed by atoms with Gasteiger partial charge in [0.1, 0.15) is 11.6 Å². The molecule has 0 aromatic heterocycles. The highest BCUT2D eigenvalue weighted by molar-refractivity contribution is 5.96. The Morgan fingerprint density at radius 2 is 2.05 bits per heavy atom. The summed E-state index contributed by atoms with van der Waals surface area (Å²) in [6, 6.07) is 3.21. The lowest BCUT2D eigenvalue weighted by Gasteiger charge is -2.06. The molecule has 20 heavy (non-hydrogen) atoms. The molecule has 5 nitrogen and oxygen atoms in total. The maximum Gasteiger partial charge on any atom is 0.305 e. The number of hydrogen-bond donors (Lipinski definition) is 2. The number of halogens is 1. The molecule has 0 fully saturated rings. The van der Waals surface area contributed by atoms with Crippen LogP contribution in [-0.4, -0.2) is 30.6 Å². The smallest absolute Gasteiger partial charge is 0.305 e. The quantitative estimate of drug-likeness (QED) is 0.593. The van der Waals surface area contributed by atoms with Crippen molar-refractivity contribution in [3.05, 3.63) is 29.6 Å². The van der Waals surface area contributed by atoms with E-state index in [2.05, 4.69) is 10.1 Å². The molecule has 0 aliphatic carbocycles. The molecule has 1 amide bonds. The van der Waals surface area contributed by atoms with Crippen LogP contribution < -0.4 is 5.32 Å². The van der Waals surface area contributed by atoms with Gasteiger partial charge in [0.15, 0.2) is 0 Å². The van der Waals surface area contributed by atoms with Gasteiger partial charge < -0.3 is 15.2 Å². The predicted molar refractivity (Wildman–Crippen MR) is 70.9 cm³/mol. The van der Waals surface area contributed by atoms with E-state index < -0.39 is 11.7 Å². The fourth-order valence-electron chi connectivity index (χ4n) is 1.66. The number of phenols is 1. The number of nitrogens with one attached hydrogen (secondary N) is 1. The molecule has 2 N–H and O–H groups in total. The van der Waals surface area contributed by atoms with Crippen molar-refractivity contribution in [2.24, 2.45) is 0 Å². The van der Waals surface area contributed by atoms with Gasteiger partial charge in [-0.2, -0.15) is 0 Å². The molecule has 6 heteroatoms. The molecule has 0 aliphatic rings. The third kappa shape index (κ3) is 5.26. The molecule has 0 saturated carbocycles. The summed E-state index contributed by atoms with van der Waals surface area (Å²) >= 11 is 0. The number of carbonyl (C=O) groups is 2. The van der Waals surface area contributed by atoms with Crippen molar-refractivity contribution < 1.29 is 23.8 Å². The normalized spacial score (nSPS) is 10.1. The van der Waals surface area contributed by atoms with Gasteiger partial charge in [-0.15, -0.1) is 0 Å². The van der Waals surface area contributed by atoms with Crippen LogP contribution in [0.3, 0.4) is 0 Å². The first-order valence-corrected chi connectivity index (χ1v) is 6.38. The second-order valence-electron chi connectivity index (χ2n) is 4.30. The van der Waals surface area contributed by atoms with Crippen molar-refractivity contribution >= 4 is 11.9 Å². The van der Waals surface area contributed by atoms with Gasteiger partial charge in [-0.05, 0) is 31.0 Å². The molecule has 1 rings (SSSR count). The first-order valence-electron chi connectivity index (χ1n) is 6.38. The van der Waals surface area contributed by atoms with E-state index >= 15 is 0 Å². The van der Waals surface area contributed by atoms with Crippen LogP contribution in [0.5, 0.6) is 5.75 Å². The second-order valence-corrected chi connectivity index (χ2v) is 4.30. The summed E-state index contributed by atoms with van der Waals surface area (Å²) in [5.74, 6) is -1.60. The first kappa shape index (κ1) is 15.9.